The van der Waals surface area contributed by atoms with Crippen molar-refractivity contribution in [3.05, 3.63) is 29.8 Å². The molecule has 0 spiro atoms. The van der Waals surface area contributed by atoms with Gasteiger partial charge in [-0.15, -0.1) is 0 Å². The number of likely N-dealkylation sites (tertiary alicyclic amines) is 2. The van der Waals surface area contributed by atoms with E-state index in [2.05, 4.69) is 41.1 Å². The number of hydrogen-bond acceptors (Lipinski definition) is 3. The molecule has 1 aromatic carbocycles. The average molecular weight is 344 g/mol. The van der Waals surface area contributed by atoms with Gasteiger partial charge in [-0.25, -0.2) is 0 Å². The van der Waals surface area contributed by atoms with Crippen LogP contribution in [0.15, 0.2) is 24.3 Å². The number of rotatable bonds is 6. The Kier molecular flexibility index (Phi) is 6.49. The first kappa shape index (κ1) is 18.4. The molecule has 3 rings (SSSR count). The Morgan fingerprint density at radius 3 is 2.56 bits per heavy atom. The van der Waals surface area contributed by atoms with Crippen LogP contribution in [0.5, 0.6) is 0 Å². The molecular weight excluding hydrogens is 310 g/mol. The maximum atomic E-state index is 12.4. The number of piperidine rings is 1. The molecule has 0 aliphatic carbocycles. The van der Waals surface area contributed by atoms with Gasteiger partial charge in [-0.2, -0.15) is 0 Å². The molecule has 1 aromatic rings. The smallest absolute Gasteiger partial charge is 0.238 e. The predicted molar refractivity (Wildman–Crippen MR) is 104 cm³/mol. The highest BCUT2D eigenvalue weighted by Gasteiger charge is 2.27. The zero-order valence-corrected chi connectivity index (χ0v) is 15.8. The first-order chi connectivity index (χ1) is 12.2. The summed E-state index contributed by atoms with van der Waals surface area (Å²) in [6.07, 6.45) is 6.30. The van der Waals surface area contributed by atoms with E-state index < -0.39 is 0 Å². The van der Waals surface area contributed by atoms with Gasteiger partial charge in [0.2, 0.25) is 5.91 Å². The van der Waals surface area contributed by atoms with Crippen LogP contribution in [0.1, 0.15) is 57.4 Å². The maximum absolute atomic E-state index is 12.4. The number of hydrogen-bond donors (Lipinski definition) is 1. The number of anilines is 1. The fourth-order valence-electron chi connectivity index (χ4n) is 4.11. The lowest BCUT2D eigenvalue weighted by Gasteiger charge is -2.37. The van der Waals surface area contributed by atoms with E-state index in [0.29, 0.717) is 18.5 Å². The molecule has 1 N–H and O–H groups in total. The van der Waals surface area contributed by atoms with Gasteiger partial charge < -0.3 is 5.32 Å². The van der Waals surface area contributed by atoms with Crippen molar-refractivity contribution in [3.63, 3.8) is 0 Å². The van der Waals surface area contributed by atoms with Crippen molar-refractivity contribution in [2.45, 2.75) is 57.9 Å². The Morgan fingerprint density at radius 2 is 1.88 bits per heavy atom. The second kappa shape index (κ2) is 8.81. The third-order valence-electron chi connectivity index (χ3n) is 5.88. The summed E-state index contributed by atoms with van der Waals surface area (Å²) in [6.45, 7) is 9.53. The Labute approximate surface area is 152 Å². The SMILES string of the molecule is CCC(C)c1ccc(NC(=O)CN2CCCC(N3CCCC3)C2)cc1. The van der Waals surface area contributed by atoms with Gasteiger partial charge in [0.15, 0.2) is 0 Å². The number of carbonyl (C=O) groups excluding carboxylic acids is 1. The van der Waals surface area contributed by atoms with Gasteiger partial charge in [0.05, 0.1) is 6.54 Å². The van der Waals surface area contributed by atoms with E-state index in [9.17, 15) is 4.79 Å². The van der Waals surface area contributed by atoms with Gasteiger partial charge in [0.25, 0.3) is 0 Å². The molecule has 2 aliphatic rings. The number of amides is 1. The minimum atomic E-state index is 0.110. The van der Waals surface area contributed by atoms with Crippen LogP contribution in [-0.2, 0) is 4.79 Å². The summed E-state index contributed by atoms with van der Waals surface area (Å²) in [6, 6.07) is 8.98. The van der Waals surface area contributed by atoms with Gasteiger partial charge in [0.1, 0.15) is 0 Å². The van der Waals surface area contributed by atoms with Gasteiger partial charge in [-0.05, 0) is 75.4 Å². The first-order valence-electron chi connectivity index (χ1n) is 10.0. The summed E-state index contributed by atoms with van der Waals surface area (Å²) in [7, 11) is 0. The van der Waals surface area contributed by atoms with Crippen LogP contribution in [0.25, 0.3) is 0 Å². The zero-order chi connectivity index (χ0) is 17.6. The Bertz CT molecular complexity index is 551. The topological polar surface area (TPSA) is 35.6 Å². The molecule has 138 valence electrons. The molecule has 1 amide bonds. The van der Waals surface area contributed by atoms with Crippen molar-refractivity contribution in [3.8, 4) is 0 Å². The Morgan fingerprint density at radius 1 is 1.16 bits per heavy atom. The van der Waals surface area contributed by atoms with E-state index >= 15 is 0 Å². The quantitative estimate of drug-likeness (QED) is 0.855. The lowest BCUT2D eigenvalue weighted by Crippen LogP contribution is -2.48. The maximum Gasteiger partial charge on any atom is 0.238 e. The fraction of sp³-hybridized carbons (Fsp3) is 0.667. The molecule has 2 heterocycles. The van der Waals surface area contributed by atoms with Crippen LogP contribution in [0.3, 0.4) is 0 Å². The van der Waals surface area contributed by atoms with Crippen molar-refractivity contribution < 1.29 is 4.79 Å². The molecule has 0 aromatic heterocycles. The van der Waals surface area contributed by atoms with E-state index in [1.165, 1.54) is 44.3 Å². The van der Waals surface area contributed by atoms with Crippen LogP contribution in [-0.4, -0.2) is 54.5 Å². The summed E-state index contributed by atoms with van der Waals surface area (Å²) in [5.74, 6) is 0.680. The predicted octanol–water partition coefficient (Wildman–Crippen LogP) is 3.70. The van der Waals surface area contributed by atoms with E-state index in [4.69, 9.17) is 0 Å². The van der Waals surface area contributed by atoms with E-state index in [1.54, 1.807) is 0 Å². The van der Waals surface area contributed by atoms with Crippen LogP contribution in [0.2, 0.25) is 0 Å². The molecule has 2 atom stereocenters. The molecule has 2 fully saturated rings. The highest BCUT2D eigenvalue weighted by atomic mass is 16.2. The van der Waals surface area contributed by atoms with E-state index in [1.807, 2.05) is 12.1 Å². The summed E-state index contributed by atoms with van der Waals surface area (Å²) in [5.41, 5.74) is 2.25. The Balaban J connectivity index is 1.48. The molecule has 2 aliphatic heterocycles. The molecule has 2 unspecified atom stereocenters. The minimum Gasteiger partial charge on any atom is -0.325 e. The third-order valence-corrected chi connectivity index (χ3v) is 5.88. The van der Waals surface area contributed by atoms with E-state index in [-0.39, 0.29) is 5.91 Å². The molecular formula is C21H33N3O. The highest BCUT2D eigenvalue weighted by Crippen LogP contribution is 2.22. The molecule has 2 saturated heterocycles. The molecule has 0 saturated carbocycles. The number of benzene rings is 1. The lowest BCUT2D eigenvalue weighted by molar-refractivity contribution is -0.117. The van der Waals surface area contributed by atoms with Crippen molar-refractivity contribution in [1.82, 2.24) is 9.80 Å². The van der Waals surface area contributed by atoms with Crippen molar-refractivity contribution >= 4 is 11.6 Å². The molecule has 0 radical (unpaired) electrons. The second-order valence-electron chi connectivity index (χ2n) is 7.75. The van der Waals surface area contributed by atoms with Crippen LogP contribution >= 0.6 is 0 Å². The van der Waals surface area contributed by atoms with Crippen LogP contribution < -0.4 is 5.32 Å². The summed E-state index contributed by atoms with van der Waals surface area (Å²) < 4.78 is 0. The third kappa shape index (κ3) is 5.05. The Hall–Kier alpha value is -1.39. The van der Waals surface area contributed by atoms with Gasteiger partial charge in [-0.3, -0.25) is 14.6 Å². The van der Waals surface area contributed by atoms with Crippen molar-refractivity contribution in [2.24, 2.45) is 0 Å². The van der Waals surface area contributed by atoms with Crippen molar-refractivity contribution in [1.29, 1.82) is 0 Å². The summed E-state index contributed by atoms with van der Waals surface area (Å²) in [5, 5.41) is 3.06. The first-order valence-corrected chi connectivity index (χ1v) is 10.0. The number of carbonyl (C=O) groups is 1. The second-order valence-corrected chi connectivity index (χ2v) is 7.75. The molecule has 4 heteroatoms. The molecule has 4 nitrogen and oxygen atoms in total. The monoisotopic (exact) mass is 343 g/mol. The summed E-state index contributed by atoms with van der Waals surface area (Å²) in [4.78, 5) is 17.4. The van der Waals surface area contributed by atoms with Gasteiger partial charge >= 0.3 is 0 Å². The summed E-state index contributed by atoms with van der Waals surface area (Å²) >= 11 is 0. The highest BCUT2D eigenvalue weighted by molar-refractivity contribution is 5.92. The van der Waals surface area contributed by atoms with E-state index in [0.717, 1.165) is 25.2 Å². The van der Waals surface area contributed by atoms with Crippen LogP contribution in [0.4, 0.5) is 5.69 Å². The lowest BCUT2D eigenvalue weighted by atomic mass is 9.99. The number of nitrogens with one attached hydrogen (secondary N) is 1. The molecule has 25 heavy (non-hydrogen) atoms. The number of nitrogens with zero attached hydrogens (tertiary/aromatic N) is 2. The van der Waals surface area contributed by atoms with Gasteiger partial charge in [-0.1, -0.05) is 26.0 Å². The van der Waals surface area contributed by atoms with Gasteiger partial charge in [0, 0.05) is 18.3 Å². The standard InChI is InChI=1S/C21H33N3O/c1-3-17(2)18-8-10-19(11-9-18)22-21(25)16-23-12-6-7-20(15-23)24-13-4-5-14-24/h8-11,17,20H,3-7,12-16H2,1-2H3,(H,22,25). The fourth-order valence-corrected chi connectivity index (χ4v) is 4.11. The van der Waals surface area contributed by atoms with Crippen molar-refractivity contribution in [2.75, 3.05) is 38.0 Å². The normalized spacial score (nSPS) is 23.5. The largest absolute Gasteiger partial charge is 0.325 e. The zero-order valence-electron chi connectivity index (χ0n) is 15.8. The molecule has 0 bridgehead atoms. The average Bonchev–Trinajstić information content (AvgIpc) is 3.16. The minimum absolute atomic E-state index is 0.110. The van der Waals surface area contributed by atoms with Crippen LogP contribution in [0, 0.1) is 0 Å².